The molecule has 1 N–H and O–H groups in total. The Morgan fingerprint density at radius 2 is 1.42 bits per heavy atom. The minimum absolute atomic E-state index is 0.213. The number of hydrogen-bond donors (Lipinski definition) is 1. The van der Waals surface area contributed by atoms with Crippen LogP contribution in [0.25, 0.3) is 0 Å². The van der Waals surface area contributed by atoms with Crippen molar-refractivity contribution >= 4 is 39.7 Å². The fourth-order valence-electron chi connectivity index (χ4n) is 7.15. The second-order valence-corrected chi connectivity index (χ2v) is 13.1. The molecular formula is C38H37FN5O3Si. The highest BCUT2D eigenvalue weighted by Crippen LogP contribution is 2.57. The van der Waals surface area contributed by atoms with Crippen LogP contribution in [0.2, 0.25) is 0 Å². The number of methoxy groups -OCH3 is 1. The summed E-state index contributed by atoms with van der Waals surface area (Å²) in [5.74, 6) is 0.944. The highest BCUT2D eigenvalue weighted by atomic mass is 28.2. The van der Waals surface area contributed by atoms with Crippen LogP contribution < -0.4 is 19.9 Å². The van der Waals surface area contributed by atoms with Gasteiger partial charge in [0.05, 0.1) is 19.1 Å². The molecule has 2 amide bonds. The van der Waals surface area contributed by atoms with Crippen molar-refractivity contribution in [1.82, 2.24) is 9.97 Å². The van der Waals surface area contributed by atoms with Crippen molar-refractivity contribution < 1.29 is 18.3 Å². The number of urea groups is 1. The summed E-state index contributed by atoms with van der Waals surface area (Å²) in [6.45, 7) is 8.57. The molecule has 1 aliphatic heterocycles. The van der Waals surface area contributed by atoms with Crippen molar-refractivity contribution in [2.75, 3.05) is 22.2 Å². The van der Waals surface area contributed by atoms with Crippen LogP contribution in [0.15, 0.2) is 115 Å². The van der Waals surface area contributed by atoms with E-state index >= 15 is 4.79 Å². The van der Waals surface area contributed by atoms with Gasteiger partial charge in [0.25, 0.3) is 0 Å². The van der Waals surface area contributed by atoms with E-state index in [9.17, 15) is 4.39 Å². The van der Waals surface area contributed by atoms with Crippen LogP contribution in [0.5, 0.6) is 5.75 Å². The Morgan fingerprint density at radius 3 is 1.94 bits per heavy atom. The van der Waals surface area contributed by atoms with Gasteiger partial charge in [0.15, 0.2) is 5.72 Å². The smallest absolute Gasteiger partial charge is 0.332 e. The molecule has 0 aliphatic carbocycles. The van der Waals surface area contributed by atoms with Gasteiger partial charge in [-0.05, 0) is 72.0 Å². The number of carbonyl (C=O) groups is 1. The number of aromatic nitrogens is 2. The molecular weight excluding hydrogens is 622 g/mol. The average molecular weight is 659 g/mol. The zero-order valence-corrected chi connectivity index (χ0v) is 28.6. The van der Waals surface area contributed by atoms with Crippen LogP contribution in [0.1, 0.15) is 44.4 Å². The minimum Gasteiger partial charge on any atom is -0.497 e. The van der Waals surface area contributed by atoms with E-state index in [1.807, 2.05) is 67.6 Å². The quantitative estimate of drug-likeness (QED) is 0.161. The standard InChI is InChI=1S/C38H37FN5O3Si/c1-36(2,3)38(27-12-8-6-9-13-27,28-14-10-7-11-15-28)37(4,47-48)44-33-26(24-40-34(42-33)41-30-18-16-29(39)17-19-30)25-43(35(44)45)31-20-22-32(46-5)23-21-31/h6-24H,25H2,1-5H3,(H,40,41,42)/t37-/m0/s1. The van der Waals surface area contributed by atoms with E-state index in [4.69, 9.17) is 14.1 Å². The Kier molecular flexibility index (Phi) is 8.80. The normalized spacial score (nSPS) is 14.7. The summed E-state index contributed by atoms with van der Waals surface area (Å²) in [4.78, 5) is 28.1. The molecule has 0 fully saturated rings. The van der Waals surface area contributed by atoms with Crippen molar-refractivity contribution in [2.24, 2.45) is 5.41 Å². The van der Waals surface area contributed by atoms with Crippen molar-refractivity contribution in [3.63, 3.8) is 0 Å². The van der Waals surface area contributed by atoms with Gasteiger partial charge < -0.3 is 14.5 Å². The molecule has 3 radical (unpaired) electrons. The SMILES string of the molecule is COc1ccc(N2Cc3cnc(Nc4ccc(F)cc4)nc3N([C@@](C)(O[Si])C(c3ccccc3)(c3ccccc3)C(C)(C)C)C2=O)cc1. The number of rotatable bonds is 9. The van der Waals surface area contributed by atoms with E-state index in [1.165, 1.54) is 12.1 Å². The Balaban J connectivity index is 1.62. The van der Waals surface area contributed by atoms with E-state index in [0.29, 0.717) is 28.5 Å². The zero-order valence-electron chi connectivity index (χ0n) is 27.6. The van der Waals surface area contributed by atoms with Crippen LogP contribution in [0.4, 0.5) is 32.3 Å². The zero-order chi connectivity index (χ0) is 34.1. The largest absolute Gasteiger partial charge is 0.497 e. The van der Waals surface area contributed by atoms with E-state index in [1.54, 1.807) is 35.2 Å². The predicted octanol–water partition coefficient (Wildman–Crippen LogP) is 8.16. The Morgan fingerprint density at radius 1 is 0.833 bits per heavy atom. The predicted molar refractivity (Wildman–Crippen MR) is 187 cm³/mol. The second kappa shape index (κ2) is 12.9. The van der Waals surface area contributed by atoms with Gasteiger partial charge in [-0.15, -0.1) is 0 Å². The maximum Gasteiger partial charge on any atom is 0.332 e. The van der Waals surface area contributed by atoms with Crippen LogP contribution >= 0.6 is 0 Å². The molecule has 10 heteroatoms. The van der Waals surface area contributed by atoms with Crippen LogP contribution in [-0.4, -0.2) is 39.3 Å². The molecule has 1 aliphatic rings. The number of ether oxygens (including phenoxy) is 1. The fraction of sp³-hybridized carbons (Fsp3) is 0.237. The number of carbonyl (C=O) groups excluding carboxylic acids is 1. The molecule has 4 aromatic carbocycles. The number of anilines is 4. The van der Waals surface area contributed by atoms with Crippen LogP contribution in [0, 0.1) is 11.2 Å². The van der Waals surface area contributed by atoms with Crippen LogP contribution in [0.3, 0.4) is 0 Å². The Labute approximate surface area is 284 Å². The summed E-state index contributed by atoms with van der Waals surface area (Å²) in [5.41, 5.74) is 0.858. The third-order valence-electron chi connectivity index (χ3n) is 9.15. The maximum absolute atomic E-state index is 15.2. The first-order chi connectivity index (χ1) is 23.0. The maximum atomic E-state index is 15.2. The number of benzene rings is 4. The highest BCUT2D eigenvalue weighted by molar-refractivity contribution is 6.07. The minimum atomic E-state index is -1.46. The molecule has 6 rings (SSSR count). The molecule has 0 spiro atoms. The van der Waals surface area contributed by atoms with Crippen molar-refractivity contribution in [2.45, 2.75) is 45.4 Å². The monoisotopic (exact) mass is 658 g/mol. The third-order valence-corrected chi connectivity index (χ3v) is 9.55. The summed E-state index contributed by atoms with van der Waals surface area (Å²) < 4.78 is 25.6. The van der Waals surface area contributed by atoms with Gasteiger partial charge in [-0.2, -0.15) is 4.98 Å². The molecule has 0 saturated carbocycles. The molecule has 2 heterocycles. The molecule has 48 heavy (non-hydrogen) atoms. The first kappa shape index (κ1) is 32.9. The number of fused-ring (bicyclic) bond motifs is 1. The summed E-state index contributed by atoms with van der Waals surface area (Å²) in [6.07, 6.45) is 1.71. The molecule has 0 saturated heterocycles. The fourth-order valence-corrected chi connectivity index (χ4v) is 7.40. The molecule has 1 atom stereocenters. The summed E-state index contributed by atoms with van der Waals surface area (Å²) in [5, 5.41) is 3.17. The van der Waals surface area contributed by atoms with Gasteiger partial charge in [0.1, 0.15) is 17.4 Å². The van der Waals surface area contributed by atoms with Gasteiger partial charge in [0, 0.05) is 23.1 Å². The van der Waals surface area contributed by atoms with E-state index in [2.05, 4.69) is 65.8 Å². The lowest BCUT2D eigenvalue weighted by atomic mass is 9.53. The number of hydrogen-bond acceptors (Lipinski definition) is 6. The molecule has 243 valence electrons. The van der Waals surface area contributed by atoms with Gasteiger partial charge in [-0.1, -0.05) is 81.4 Å². The molecule has 0 unspecified atom stereocenters. The van der Waals surface area contributed by atoms with E-state index < -0.39 is 16.6 Å². The van der Waals surface area contributed by atoms with Gasteiger partial charge >= 0.3 is 6.03 Å². The highest BCUT2D eigenvalue weighted by Gasteiger charge is 2.63. The summed E-state index contributed by atoms with van der Waals surface area (Å²) >= 11 is 0. The van der Waals surface area contributed by atoms with Crippen LogP contribution in [-0.2, 0) is 16.4 Å². The lowest BCUT2D eigenvalue weighted by molar-refractivity contribution is -0.0243. The van der Waals surface area contributed by atoms with Crippen molar-refractivity contribution in [1.29, 1.82) is 0 Å². The van der Waals surface area contributed by atoms with E-state index in [-0.39, 0.29) is 24.3 Å². The molecule has 8 nitrogen and oxygen atoms in total. The third kappa shape index (κ3) is 5.50. The summed E-state index contributed by atoms with van der Waals surface area (Å²) in [6, 6.07) is 33.1. The Hall–Kier alpha value is -5.06. The number of amides is 2. The molecule has 0 bridgehead atoms. The number of nitrogens with zero attached hydrogens (tertiary/aromatic N) is 4. The number of nitrogens with one attached hydrogen (secondary N) is 1. The first-order valence-corrected chi connectivity index (χ1v) is 16.0. The Bertz CT molecular complexity index is 1850. The number of halogens is 1. The second-order valence-electron chi connectivity index (χ2n) is 12.9. The van der Waals surface area contributed by atoms with Crippen molar-refractivity contribution in [3.8, 4) is 5.75 Å². The van der Waals surface area contributed by atoms with Gasteiger partial charge in [-0.25, -0.2) is 19.1 Å². The van der Waals surface area contributed by atoms with Gasteiger partial charge in [-0.3, -0.25) is 4.90 Å². The lowest BCUT2D eigenvalue weighted by Crippen LogP contribution is -2.71. The molecule has 5 aromatic rings. The van der Waals surface area contributed by atoms with Gasteiger partial charge in [0.2, 0.25) is 16.4 Å². The average Bonchev–Trinajstić information content (AvgIpc) is 3.09. The topological polar surface area (TPSA) is 79.8 Å². The van der Waals surface area contributed by atoms with Crippen molar-refractivity contribution in [3.05, 3.63) is 138 Å². The lowest BCUT2D eigenvalue weighted by Gasteiger charge is -2.60. The van der Waals surface area contributed by atoms with E-state index in [0.717, 1.165) is 11.1 Å². The summed E-state index contributed by atoms with van der Waals surface area (Å²) in [7, 11) is 5.13. The first-order valence-electron chi connectivity index (χ1n) is 15.6. The molecule has 1 aromatic heterocycles.